The van der Waals surface area contributed by atoms with Gasteiger partial charge in [-0.2, -0.15) is 5.06 Å². The quantitative estimate of drug-likeness (QED) is 0.724. The Labute approximate surface area is 110 Å². The van der Waals surface area contributed by atoms with Crippen LogP contribution >= 0.6 is 0 Å². The molecule has 0 bridgehead atoms. The van der Waals surface area contributed by atoms with E-state index in [9.17, 15) is 9.59 Å². The maximum absolute atomic E-state index is 11.5. The number of carbonyl (C=O) groups excluding carboxylic acids is 2. The van der Waals surface area contributed by atoms with Crippen molar-refractivity contribution in [2.75, 3.05) is 0 Å². The van der Waals surface area contributed by atoms with Gasteiger partial charge in [0.1, 0.15) is 0 Å². The molecule has 1 aliphatic heterocycles. The van der Waals surface area contributed by atoms with Gasteiger partial charge in [0.2, 0.25) is 0 Å². The van der Waals surface area contributed by atoms with Crippen LogP contribution < -0.4 is 0 Å². The Bertz CT molecular complexity index is 317. The first kappa shape index (κ1) is 15.3. The fourth-order valence-corrected chi connectivity index (χ4v) is 2.80. The average molecular weight is 255 g/mol. The van der Waals surface area contributed by atoms with E-state index in [1.807, 2.05) is 5.06 Å². The minimum absolute atomic E-state index is 0.162. The highest BCUT2D eigenvalue weighted by Crippen LogP contribution is 2.38. The van der Waals surface area contributed by atoms with Crippen molar-refractivity contribution in [3.8, 4) is 0 Å². The van der Waals surface area contributed by atoms with E-state index in [1.54, 1.807) is 0 Å². The van der Waals surface area contributed by atoms with Gasteiger partial charge < -0.3 is 0 Å². The van der Waals surface area contributed by atoms with Crippen LogP contribution in [0.3, 0.4) is 0 Å². The summed E-state index contributed by atoms with van der Waals surface area (Å²) < 4.78 is 0. The van der Waals surface area contributed by atoms with Crippen LogP contribution in [-0.2, 0) is 14.4 Å². The molecule has 0 spiro atoms. The summed E-state index contributed by atoms with van der Waals surface area (Å²) in [5.74, 6) is -0.473. The fourth-order valence-electron chi connectivity index (χ4n) is 2.80. The zero-order chi connectivity index (χ0) is 14.1. The first-order valence-corrected chi connectivity index (χ1v) is 6.56. The largest absolute Gasteiger partial charge is 0.296 e. The van der Waals surface area contributed by atoms with Crippen LogP contribution in [0.2, 0.25) is 0 Å². The summed E-state index contributed by atoms with van der Waals surface area (Å²) in [4.78, 5) is 28.8. The molecule has 1 rings (SSSR count). The second kappa shape index (κ2) is 5.10. The van der Waals surface area contributed by atoms with Crippen LogP contribution in [0, 0.1) is 0 Å². The smallest absolute Gasteiger partial charge is 0.195 e. The van der Waals surface area contributed by atoms with Crippen molar-refractivity contribution in [3.05, 3.63) is 0 Å². The Morgan fingerprint density at radius 2 is 1.39 bits per heavy atom. The average Bonchev–Trinajstić information content (AvgIpc) is 2.13. The molecule has 0 aromatic carbocycles. The molecule has 0 N–H and O–H groups in total. The Hall–Kier alpha value is -0.740. The lowest BCUT2D eigenvalue weighted by molar-refractivity contribution is -0.292. The normalized spacial score (nSPS) is 23.1. The zero-order valence-corrected chi connectivity index (χ0v) is 12.4. The molecule has 1 aliphatic rings. The molecule has 104 valence electrons. The third kappa shape index (κ3) is 3.18. The van der Waals surface area contributed by atoms with Crippen LogP contribution in [0.15, 0.2) is 0 Å². The number of hydrogen-bond acceptors (Lipinski definition) is 4. The number of nitrogens with zero attached hydrogens (tertiary/aromatic N) is 1. The predicted octanol–water partition coefficient (Wildman–Crippen LogP) is 2.51. The van der Waals surface area contributed by atoms with Crippen molar-refractivity contribution in [2.45, 2.75) is 78.0 Å². The molecule has 4 heteroatoms. The monoisotopic (exact) mass is 255 g/mol. The fraction of sp³-hybridized carbons (Fsp3) is 0.857. The van der Waals surface area contributed by atoms with Gasteiger partial charge in [0, 0.05) is 11.1 Å². The minimum Gasteiger partial charge on any atom is -0.296 e. The highest BCUT2D eigenvalue weighted by atomic mass is 16.7. The molecular weight excluding hydrogens is 230 g/mol. The molecule has 1 saturated heterocycles. The summed E-state index contributed by atoms with van der Waals surface area (Å²) >= 11 is 0. The van der Waals surface area contributed by atoms with Crippen LogP contribution in [0.5, 0.6) is 0 Å². The molecule has 4 nitrogen and oxygen atoms in total. The Morgan fingerprint density at radius 3 is 1.72 bits per heavy atom. The summed E-state index contributed by atoms with van der Waals surface area (Å²) in [6.45, 7) is 11.2. The van der Waals surface area contributed by atoms with E-state index < -0.39 is 6.10 Å². The molecule has 0 saturated carbocycles. The Morgan fingerprint density at radius 1 is 1.00 bits per heavy atom. The van der Waals surface area contributed by atoms with E-state index in [1.165, 1.54) is 13.8 Å². The topological polar surface area (TPSA) is 46.6 Å². The van der Waals surface area contributed by atoms with Gasteiger partial charge in [-0.15, -0.1) is 0 Å². The molecular formula is C14H25NO3. The number of hydrogen-bond donors (Lipinski definition) is 0. The molecule has 0 aromatic heterocycles. The molecule has 0 aliphatic carbocycles. The summed E-state index contributed by atoms with van der Waals surface area (Å²) in [7, 11) is 0. The van der Waals surface area contributed by atoms with E-state index in [0.29, 0.717) is 0 Å². The zero-order valence-electron chi connectivity index (χ0n) is 12.4. The number of rotatable bonds is 4. The number of hydroxylamine groups is 2. The van der Waals surface area contributed by atoms with Gasteiger partial charge in [-0.3, -0.25) is 14.4 Å². The molecule has 1 fully saturated rings. The second-order valence-corrected chi connectivity index (χ2v) is 6.48. The van der Waals surface area contributed by atoms with Crippen molar-refractivity contribution < 1.29 is 14.4 Å². The van der Waals surface area contributed by atoms with E-state index in [4.69, 9.17) is 4.84 Å². The summed E-state index contributed by atoms with van der Waals surface area (Å²) in [6, 6.07) is 0. The van der Waals surface area contributed by atoms with Gasteiger partial charge in [-0.1, -0.05) is 0 Å². The van der Waals surface area contributed by atoms with Gasteiger partial charge in [0.05, 0.1) is 0 Å². The number of Topliss-reactive ketones (excluding diaryl/α,β-unsaturated/α-hetero) is 2. The van der Waals surface area contributed by atoms with E-state index >= 15 is 0 Å². The molecule has 0 amide bonds. The van der Waals surface area contributed by atoms with Crippen LogP contribution in [0.25, 0.3) is 0 Å². The highest BCUT2D eigenvalue weighted by molar-refractivity contribution is 6.03. The molecule has 18 heavy (non-hydrogen) atoms. The Balaban J connectivity index is 2.96. The molecule has 0 unspecified atom stereocenters. The lowest BCUT2D eigenvalue weighted by atomic mass is 9.82. The molecule has 0 atom stereocenters. The second-order valence-electron chi connectivity index (χ2n) is 6.48. The van der Waals surface area contributed by atoms with Crippen molar-refractivity contribution >= 4 is 11.6 Å². The maximum Gasteiger partial charge on any atom is 0.195 e. The van der Waals surface area contributed by atoms with E-state index in [-0.39, 0.29) is 22.6 Å². The van der Waals surface area contributed by atoms with E-state index in [2.05, 4.69) is 27.7 Å². The summed E-state index contributed by atoms with van der Waals surface area (Å²) in [6.07, 6.45) is 2.16. The lowest BCUT2D eigenvalue weighted by Gasteiger charge is -2.51. The number of carbonyl (C=O) groups is 2. The summed E-state index contributed by atoms with van der Waals surface area (Å²) in [5.41, 5.74) is -0.324. The number of ketones is 2. The van der Waals surface area contributed by atoms with Crippen molar-refractivity contribution in [1.29, 1.82) is 0 Å². The summed E-state index contributed by atoms with van der Waals surface area (Å²) in [5, 5.41) is 1.86. The first-order valence-electron chi connectivity index (χ1n) is 6.56. The van der Waals surface area contributed by atoms with Gasteiger partial charge >= 0.3 is 0 Å². The molecule has 1 heterocycles. The number of piperidine rings is 1. The third-order valence-electron chi connectivity index (χ3n) is 3.63. The molecule has 0 radical (unpaired) electrons. The van der Waals surface area contributed by atoms with Crippen molar-refractivity contribution in [2.24, 2.45) is 0 Å². The van der Waals surface area contributed by atoms with Crippen molar-refractivity contribution in [3.63, 3.8) is 0 Å². The van der Waals surface area contributed by atoms with Crippen LogP contribution in [0.1, 0.15) is 60.8 Å². The van der Waals surface area contributed by atoms with Gasteiger partial charge in [0.15, 0.2) is 17.7 Å². The standard InChI is InChI=1S/C14H25NO3/c1-10(16)12(11(2)17)18-15-13(3,4)8-7-9-14(15,5)6/h12H,7-9H2,1-6H3. The van der Waals surface area contributed by atoms with E-state index in [0.717, 1.165) is 19.3 Å². The maximum atomic E-state index is 11.5. The van der Waals surface area contributed by atoms with Crippen LogP contribution in [0.4, 0.5) is 0 Å². The highest BCUT2D eigenvalue weighted by Gasteiger charge is 2.44. The Kier molecular flexibility index (Phi) is 4.34. The first-order chi connectivity index (χ1) is 8.08. The van der Waals surface area contributed by atoms with Crippen molar-refractivity contribution in [1.82, 2.24) is 5.06 Å². The van der Waals surface area contributed by atoms with Gasteiger partial charge in [-0.05, 0) is 60.8 Å². The van der Waals surface area contributed by atoms with Gasteiger partial charge in [-0.25, -0.2) is 0 Å². The third-order valence-corrected chi connectivity index (χ3v) is 3.63. The lowest BCUT2D eigenvalue weighted by Crippen LogP contribution is -2.60. The SMILES string of the molecule is CC(=O)C(ON1C(C)(C)CCCC1(C)C)C(C)=O. The van der Waals surface area contributed by atoms with Crippen LogP contribution in [-0.4, -0.2) is 33.8 Å². The predicted molar refractivity (Wildman–Crippen MR) is 70.1 cm³/mol. The van der Waals surface area contributed by atoms with Gasteiger partial charge in [0.25, 0.3) is 0 Å². The minimum atomic E-state index is -0.971. The molecule has 0 aromatic rings.